The molecule has 0 saturated heterocycles. The van der Waals surface area contributed by atoms with Crippen LogP contribution in [0.3, 0.4) is 0 Å². The first-order valence-electron chi connectivity index (χ1n) is 6.28. The number of benzene rings is 2. The first-order chi connectivity index (χ1) is 9.26. The standard InChI is InChI=1S/C16H15ClN2/c17-15-3-1-2-13(8-15)11-19-7-6-14-5-4-12(10-18)9-16(14)19/h1-9H,10-11,18H2. The molecule has 0 fully saturated rings. The number of halogens is 1. The van der Waals surface area contributed by atoms with Crippen molar-refractivity contribution in [2.75, 3.05) is 0 Å². The summed E-state index contributed by atoms with van der Waals surface area (Å²) in [4.78, 5) is 0. The fourth-order valence-electron chi connectivity index (χ4n) is 2.33. The van der Waals surface area contributed by atoms with E-state index in [-0.39, 0.29) is 0 Å². The highest BCUT2D eigenvalue weighted by Gasteiger charge is 2.03. The Balaban J connectivity index is 2.00. The molecule has 0 aliphatic rings. The van der Waals surface area contributed by atoms with Crippen LogP contribution in [0.1, 0.15) is 11.1 Å². The zero-order valence-corrected chi connectivity index (χ0v) is 11.3. The van der Waals surface area contributed by atoms with Gasteiger partial charge in [0.25, 0.3) is 0 Å². The molecule has 0 aliphatic carbocycles. The van der Waals surface area contributed by atoms with E-state index in [1.165, 1.54) is 16.5 Å². The maximum absolute atomic E-state index is 6.03. The second-order valence-corrected chi connectivity index (χ2v) is 5.11. The van der Waals surface area contributed by atoms with Crippen molar-refractivity contribution in [3.05, 3.63) is 70.9 Å². The molecule has 2 nitrogen and oxygen atoms in total. The number of hydrogen-bond acceptors (Lipinski definition) is 1. The van der Waals surface area contributed by atoms with Gasteiger partial charge < -0.3 is 10.3 Å². The maximum atomic E-state index is 6.03. The Kier molecular flexibility index (Phi) is 3.28. The summed E-state index contributed by atoms with van der Waals surface area (Å²) in [5, 5.41) is 2.01. The molecular weight excluding hydrogens is 256 g/mol. The van der Waals surface area contributed by atoms with E-state index in [0.717, 1.165) is 17.1 Å². The van der Waals surface area contributed by atoms with Gasteiger partial charge in [-0.1, -0.05) is 35.9 Å². The lowest BCUT2D eigenvalue weighted by Crippen LogP contribution is -2.00. The molecule has 0 atom stereocenters. The van der Waals surface area contributed by atoms with E-state index < -0.39 is 0 Å². The molecular formula is C16H15ClN2. The monoisotopic (exact) mass is 270 g/mol. The molecule has 0 spiro atoms. The average molecular weight is 271 g/mol. The Morgan fingerprint density at radius 2 is 1.89 bits per heavy atom. The molecule has 0 unspecified atom stereocenters. The zero-order valence-electron chi connectivity index (χ0n) is 10.5. The Morgan fingerprint density at radius 1 is 1.00 bits per heavy atom. The van der Waals surface area contributed by atoms with Gasteiger partial charge in [-0.15, -0.1) is 0 Å². The molecule has 0 saturated carbocycles. The Labute approximate surface area is 117 Å². The van der Waals surface area contributed by atoms with Gasteiger partial charge in [-0.3, -0.25) is 0 Å². The summed E-state index contributed by atoms with van der Waals surface area (Å²) in [5.74, 6) is 0. The normalized spacial score (nSPS) is 11.1. The van der Waals surface area contributed by atoms with E-state index in [4.69, 9.17) is 17.3 Å². The fraction of sp³-hybridized carbons (Fsp3) is 0.125. The van der Waals surface area contributed by atoms with Crippen LogP contribution in [0.5, 0.6) is 0 Å². The van der Waals surface area contributed by atoms with Gasteiger partial charge in [0.15, 0.2) is 0 Å². The number of fused-ring (bicyclic) bond motifs is 1. The largest absolute Gasteiger partial charge is 0.343 e. The third-order valence-electron chi connectivity index (χ3n) is 3.32. The van der Waals surface area contributed by atoms with Crippen molar-refractivity contribution >= 4 is 22.5 Å². The number of rotatable bonds is 3. The summed E-state index contributed by atoms with van der Waals surface area (Å²) < 4.78 is 2.22. The fourth-order valence-corrected chi connectivity index (χ4v) is 2.54. The van der Waals surface area contributed by atoms with Crippen LogP contribution in [0, 0.1) is 0 Å². The van der Waals surface area contributed by atoms with E-state index in [1.807, 2.05) is 18.2 Å². The molecule has 0 radical (unpaired) electrons. The van der Waals surface area contributed by atoms with Crippen molar-refractivity contribution in [1.29, 1.82) is 0 Å². The van der Waals surface area contributed by atoms with Crippen molar-refractivity contribution in [3.63, 3.8) is 0 Å². The maximum Gasteiger partial charge on any atom is 0.0486 e. The van der Waals surface area contributed by atoms with Crippen molar-refractivity contribution in [2.45, 2.75) is 13.1 Å². The smallest absolute Gasteiger partial charge is 0.0486 e. The van der Waals surface area contributed by atoms with Crippen molar-refractivity contribution in [3.8, 4) is 0 Å². The SMILES string of the molecule is NCc1ccc2ccn(Cc3cccc(Cl)c3)c2c1. The molecule has 1 heterocycles. The first kappa shape index (κ1) is 12.3. The van der Waals surface area contributed by atoms with Crippen LogP contribution in [0.2, 0.25) is 5.02 Å². The van der Waals surface area contributed by atoms with Crippen molar-refractivity contribution in [2.24, 2.45) is 5.73 Å². The van der Waals surface area contributed by atoms with Gasteiger partial charge in [0.1, 0.15) is 0 Å². The average Bonchev–Trinajstić information content (AvgIpc) is 2.81. The first-order valence-corrected chi connectivity index (χ1v) is 6.66. The third-order valence-corrected chi connectivity index (χ3v) is 3.55. The highest BCUT2D eigenvalue weighted by molar-refractivity contribution is 6.30. The molecule has 2 N–H and O–H groups in total. The molecule has 0 amide bonds. The summed E-state index contributed by atoms with van der Waals surface area (Å²) in [7, 11) is 0. The molecule has 2 aromatic carbocycles. The van der Waals surface area contributed by atoms with Gasteiger partial charge in [0.2, 0.25) is 0 Å². The number of nitrogens with two attached hydrogens (primary N) is 1. The van der Waals surface area contributed by atoms with Gasteiger partial charge in [-0.05, 0) is 40.8 Å². The van der Waals surface area contributed by atoms with E-state index in [1.54, 1.807) is 0 Å². The van der Waals surface area contributed by atoms with Crippen LogP contribution in [0.4, 0.5) is 0 Å². The summed E-state index contributed by atoms with van der Waals surface area (Å²) in [5.41, 5.74) is 9.27. The molecule has 96 valence electrons. The lowest BCUT2D eigenvalue weighted by atomic mass is 10.1. The van der Waals surface area contributed by atoms with Gasteiger partial charge in [0.05, 0.1) is 0 Å². The van der Waals surface area contributed by atoms with Crippen LogP contribution >= 0.6 is 11.6 Å². The van der Waals surface area contributed by atoms with Crippen LogP contribution in [0.25, 0.3) is 10.9 Å². The molecule has 1 aromatic heterocycles. The summed E-state index contributed by atoms with van der Waals surface area (Å²) in [6.45, 7) is 1.39. The highest BCUT2D eigenvalue weighted by Crippen LogP contribution is 2.20. The van der Waals surface area contributed by atoms with Crippen molar-refractivity contribution < 1.29 is 0 Å². The molecule has 19 heavy (non-hydrogen) atoms. The van der Waals surface area contributed by atoms with Gasteiger partial charge in [-0.2, -0.15) is 0 Å². The van der Waals surface area contributed by atoms with Crippen LogP contribution < -0.4 is 5.73 Å². The van der Waals surface area contributed by atoms with Crippen LogP contribution in [0.15, 0.2) is 54.7 Å². The molecule has 3 rings (SSSR count). The van der Waals surface area contributed by atoms with Gasteiger partial charge >= 0.3 is 0 Å². The second-order valence-electron chi connectivity index (χ2n) is 4.67. The summed E-state index contributed by atoms with van der Waals surface area (Å²) in [6.07, 6.45) is 2.10. The Bertz CT molecular complexity index is 716. The Hall–Kier alpha value is -1.77. The van der Waals surface area contributed by atoms with Crippen LogP contribution in [-0.2, 0) is 13.1 Å². The summed E-state index contributed by atoms with van der Waals surface area (Å²) in [6, 6.07) is 16.4. The van der Waals surface area contributed by atoms with E-state index in [9.17, 15) is 0 Å². The minimum absolute atomic E-state index is 0.568. The van der Waals surface area contributed by atoms with Crippen LogP contribution in [-0.4, -0.2) is 4.57 Å². The number of aromatic nitrogens is 1. The lowest BCUT2D eigenvalue weighted by molar-refractivity contribution is 0.836. The molecule has 3 aromatic rings. The lowest BCUT2D eigenvalue weighted by Gasteiger charge is -2.07. The topological polar surface area (TPSA) is 30.9 Å². The summed E-state index contributed by atoms with van der Waals surface area (Å²) >= 11 is 6.03. The van der Waals surface area contributed by atoms with E-state index >= 15 is 0 Å². The second kappa shape index (κ2) is 5.08. The van der Waals surface area contributed by atoms with E-state index in [0.29, 0.717) is 6.54 Å². The zero-order chi connectivity index (χ0) is 13.2. The number of nitrogens with zero attached hydrogens (tertiary/aromatic N) is 1. The van der Waals surface area contributed by atoms with E-state index in [2.05, 4.69) is 41.1 Å². The highest BCUT2D eigenvalue weighted by atomic mass is 35.5. The molecule has 0 bridgehead atoms. The molecule has 3 heteroatoms. The predicted octanol–water partition coefficient (Wildman–Crippen LogP) is 3.80. The Morgan fingerprint density at radius 3 is 2.68 bits per heavy atom. The molecule has 0 aliphatic heterocycles. The van der Waals surface area contributed by atoms with Gasteiger partial charge in [-0.25, -0.2) is 0 Å². The number of hydrogen-bond donors (Lipinski definition) is 1. The quantitative estimate of drug-likeness (QED) is 0.771. The van der Waals surface area contributed by atoms with Gasteiger partial charge in [0, 0.05) is 29.8 Å². The minimum atomic E-state index is 0.568. The predicted molar refractivity (Wildman–Crippen MR) is 80.4 cm³/mol. The van der Waals surface area contributed by atoms with Crippen molar-refractivity contribution in [1.82, 2.24) is 4.57 Å². The minimum Gasteiger partial charge on any atom is -0.343 e. The third kappa shape index (κ3) is 2.50.